The lowest BCUT2D eigenvalue weighted by Crippen LogP contribution is -2.26. The number of ether oxygens (including phenoxy) is 1. The summed E-state index contributed by atoms with van der Waals surface area (Å²) in [5, 5.41) is 3.41. The number of carbonyl (C=O) groups excluding carboxylic acids is 1. The SMILES string of the molecule is CCCC(C)NCc1ccccc1C(=O)OC. The molecular formula is C14H21NO2. The third kappa shape index (κ3) is 4.19. The molecule has 0 aliphatic rings. The summed E-state index contributed by atoms with van der Waals surface area (Å²) in [4.78, 5) is 11.6. The first kappa shape index (κ1) is 13.7. The van der Waals surface area contributed by atoms with Gasteiger partial charge in [0, 0.05) is 12.6 Å². The van der Waals surface area contributed by atoms with Gasteiger partial charge in [-0.05, 0) is 25.0 Å². The van der Waals surface area contributed by atoms with E-state index in [1.54, 1.807) is 6.07 Å². The van der Waals surface area contributed by atoms with Crippen LogP contribution in [0, 0.1) is 0 Å². The largest absolute Gasteiger partial charge is 0.465 e. The summed E-state index contributed by atoms with van der Waals surface area (Å²) in [5.74, 6) is -0.273. The van der Waals surface area contributed by atoms with E-state index >= 15 is 0 Å². The molecule has 0 spiro atoms. The predicted molar refractivity (Wildman–Crippen MR) is 69.0 cm³/mol. The molecule has 0 aliphatic carbocycles. The van der Waals surface area contributed by atoms with Gasteiger partial charge < -0.3 is 10.1 Å². The van der Waals surface area contributed by atoms with Crippen LogP contribution in [0.4, 0.5) is 0 Å². The Hall–Kier alpha value is -1.35. The quantitative estimate of drug-likeness (QED) is 0.770. The second-order valence-electron chi connectivity index (χ2n) is 4.22. The normalized spacial score (nSPS) is 12.2. The van der Waals surface area contributed by atoms with Crippen molar-refractivity contribution in [3.05, 3.63) is 35.4 Å². The van der Waals surface area contributed by atoms with Gasteiger partial charge in [-0.15, -0.1) is 0 Å². The molecule has 1 unspecified atom stereocenters. The van der Waals surface area contributed by atoms with Gasteiger partial charge in [-0.25, -0.2) is 4.79 Å². The highest BCUT2D eigenvalue weighted by Crippen LogP contribution is 2.10. The number of carbonyl (C=O) groups is 1. The first-order chi connectivity index (χ1) is 8.19. The Kier molecular flexibility index (Phi) is 5.70. The molecule has 0 fully saturated rings. The monoisotopic (exact) mass is 235 g/mol. The summed E-state index contributed by atoms with van der Waals surface area (Å²) in [5.41, 5.74) is 1.63. The van der Waals surface area contributed by atoms with Gasteiger partial charge in [0.25, 0.3) is 0 Å². The van der Waals surface area contributed by atoms with Gasteiger partial charge in [-0.2, -0.15) is 0 Å². The van der Waals surface area contributed by atoms with E-state index < -0.39 is 0 Å². The van der Waals surface area contributed by atoms with Crippen molar-refractivity contribution in [3.8, 4) is 0 Å². The molecule has 1 rings (SSSR count). The van der Waals surface area contributed by atoms with Crippen molar-refractivity contribution in [2.45, 2.75) is 39.3 Å². The molecule has 0 saturated carbocycles. The third-order valence-electron chi connectivity index (χ3n) is 2.79. The molecule has 1 aromatic rings. The van der Waals surface area contributed by atoms with Crippen LogP contribution in [0.5, 0.6) is 0 Å². The average molecular weight is 235 g/mol. The van der Waals surface area contributed by atoms with E-state index in [-0.39, 0.29) is 5.97 Å². The summed E-state index contributed by atoms with van der Waals surface area (Å²) >= 11 is 0. The lowest BCUT2D eigenvalue weighted by Gasteiger charge is -2.14. The fourth-order valence-corrected chi connectivity index (χ4v) is 1.80. The van der Waals surface area contributed by atoms with Crippen molar-refractivity contribution in [2.75, 3.05) is 7.11 Å². The van der Waals surface area contributed by atoms with E-state index in [0.717, 1.165) is 18.4 Å². The fourth-order valence-electron chi connectivity index (χ4n) is 1.80. The van der Waals surface area contributed by atoms with E-state index in [0.29, 0.717) is 18.2 Å². The first-order valence-corrected chi connectivity index (χ1v) is 6.08. The van der Waals surface area contributed by atoms with Crippen LogP contribution in [0.1, 0.15) is 42.6 Å². The van der Waals surface area contributed by atoms with Crippen molar-refractivity contribution in [3.63, 3.8) is 0 Å². The van der Waals surface area contributed by atoms with Crippen LogP contribution in [0.25, 0.3) is 0 Å². The maximum absolute atomic E-state index is 11.6. The molecular weight excluding hydrogens is 214 g/mol. The van der Waals surface area contributed by atoms with Crippen molar-refractivity contribution < 1.29 is 9.53 Å². The van der Waals surface area contributed by atoms with Crippen LogP contribution in [0.3, 0.4) is 0 Å². The molecule has 0 aromatic heterocycles. The Bertz CT molecular complexity index is 363. The zero-order chi connectivity index (χ0) is 12.7. The molecule has 1 atom stereocenters. The van der Waals surface area contributed by atoms with E-state index in [2.05, 4.69) is 19.2 Å². The van der Waals surface area contributed by atoms with Crippen LogP contribution in [0.15, 0.2) is 24.3 Å². The van der Waals surface area contributed by atoms with Crippen molar-refractivity contribution in [1.82, 2.24) is 5.32 Å². The van der Waals surface area contributed by atoms with E-state index in [1.807, 2.05) is 18.2 Å². The van der Waals surface area contributed by atoms with Crippen molar-refractivity contribution in [2.24, 2.45) is 0 Å². The number of nitrogens with one attached hydrogen (secondary N) is 1. The molecule has 0 saturated heterocycles. The lowest BCUT2D eigenvalue weighted by molar-refractivity contribution is 0.0599. The van der Waals surface area contributed by atoms with Gasteiger partial charge in [0.05, 0.1) is 12.7 Å². The average Bonchev–Trinajstić information content (AvgIpc) is 2.36. The highest BCUT2D eigenvalue weighted by Gasteiger charge is 2.11. The second kappa shape index (κ2) is 7.07. The Morgan fingerprint density at radius 1 is 1.41 bits per heavy atom. The number of hydrogen-bond acceptors (Lipinski definition) is 3. The summed E-state index contributed by atoms with van der Waals surface area (Å²) < 4.78 is 4.76. The number of esters is 1. The molecule has 17 heavy (non-hydrogen) atoms. The summed E-state index contributed by atoms with van der Waals surface area (Å²) in [7, 11) is 1.41. The van der Waals surface area contributed by atoms with Gasteiger partial charge in [-0.3, -0.25) is 0 Å². The van der Waals surface area contributed by atoms with Crippen molar-refractivity contribution >= 4 is 5.97 Å². The molecule has 94 valence electrons. The van der Waals surface area contributed by atoms with Gasteiger partial charge in [0.15, 0.2) is 0 Å². The van der Waals surface area contributed by atoms with Crippen LogP contribution in [-0.4, -0.2) is 19.1 Å². The zero-order valence-corrected chi connectivity index (χ0v) is 10.8. The van der Waals surface area contributed by atoms with Gasteiger partial charge in [0.1, 0.15) is 0 Å². The summed E-state index contributed by atoms with van der Waals surface area (Å²) in [6, 6.07) is 8.01. The summed E-state index contributed by atoms with van der Waals surface area (Å²) in [6.07, 6.45) is 2.30. The van der Waals surface area contributed by atoms with E-state index in [1.165, 1.54) is 7.11 Å². The minimum Gasteiger partial charge on any atom is -0.465 e. The zero-order valence-electron chi connectivity index (χ0n) is 10.8. The Morgan fingerprint density at radius 2 is 2.12 bits per heavy atom. The topological polar surface area (TPSA) is 38.3 Å². The highest BCUT2D eigenvalue weighted by atomic mass is 16.5. The maximum Gasteiger partial charge on any atom is 0.338 e. The fraction of sp³-hybridized carbons (Fsp3) is 0.500. The van der Waals surface area contributed by atoms with Crippen LogP contribution in [-0.2, 0) is 11.3 Å². The molecule has 0 radical (unpaired) electrons. The first-order valence-electron chi connectivity index (χ1n) is 6.08. The van der Waals surface area contributed by atoms with Gasteiger partial charge >= 0.3 is 5.97 Å². The van der Waals surface area contributed by atoms with Crippen LogP contribution in [0.2, 0.25) is 0 Å². The second-order valence-corrected chi connectivity index (χ2v) is 4.22. The molecule has 3 nitrogen and oxygen atoms in total. The van der Waals surface area contributed by atoms with E-state index in [4.69, 9.17) is 4.74 Å². The maximum atomic E-state index is 11.6. The predicted octanol–water partition coefficient (Wildman–Crippen LogP) is 2.75. The standard InChI is InChI=1S/C14H21NO2/c1-4-7-11(2)15-10-12-8-5-6-9-13(12)14(16)17-3/h5-6,8-9,11,15H,4,7,10H2,1-3H3. The van der Waals surface area contributed by atoms with Crippen LogP contribution < -0.4 is 5.32 Å². The molecule has 0 bridgehead atoms. The van der Waals surface area contributed by atoms with Gasteiger partial charge in [-0.1, -0.05) is 31.5 Å². The number of methoxy groups -OCH3 is 1. The number of benzene rings is 1. The Labute approximate surface area is 103 Å². The molecule has 1 aromatic carbocycles. The Morgan fingerprint density at radius 3 is 2.76 bits per heavy atom. The third-order valence-corrected chi connectivity index (χ3v) is 2.79. The minimum absolute atomic E-state index is 0.273. The lowest BCUT2D eigenvalue weighted by atomic mass is 10.1. The smallest absolute Gasteiger partial charge is 0.338 e. The molecule has 0 amide bonds. The highest BCUT2D eigenvalue weighted by molar-refractivity contribution is 5.90. The Balaban J connectivity index is 2.67. The number of hydrogen-bond donors (Lipinski definition) is 1. The van der Waals surface area contributed by atoms with Crippen molar-refractivity contribution in [1.29, 1.82) is 0 Å². The van der Waals surface area contributed by atoms with Gasteiger partial charge in [0.2, 0.25) is 0 Å². The molecule has 1 N–H and O–H groups in total. The van der Waals surface area contributed by atoms with E-state index in [9.17, 15) is 4.79 Å². The molecule has 3 heteroatoms. The minimum atomic E-state index is -0.273. The summed E-state index contributed by atoms with van der Waals surface area (Å²) in [6.45, 7) is 5.03. The van der Waals surface area contributed by atoms with Crippen LogP contribution >= 0.6 is 0 Å². The number of rotatable bonds is 6. The molecule has 0 heterocycles. The molecule has 0 aliphatic heterocycles.